The third-order valence-electron chi connectivity index (χ3n) is 3.27. The van der Waals surface area contributed by atoms with E-state index in [0.29, 0.717) is 25.8 Å². The van der Waals surface area contributed by atoms with Crippen molar-refractivity contribution >= 4 is 11.7 Å². The van der Waals surface area contributed by atoms with Gasteiger partial charge in [-0.3, -0.25) is 4.79 Å². The van der Waals surface area contributed by atoms with Crippen LogP contribution < -0.4 is 16.0 Å². The SMILES string of the molecule is CC(C)NCc1ccc(N2CCOCC2C(N)=O)nc1. The van der Waals surface area contributed by atoms with E-state index >= 15 is 0 Å². The highest BCUT2D eigenvalue weighted by atomic mass is 16.5. The summed E-state index contributed by atoms with van der Waals surface area (Å²) in [5, 5.41) is 3.34. The van der Waals surface area contributed by atoms with Crippen molar-refractivity contribution in [2.45, 2.75) is 32.5 Å². The quantitative estimate of drug-likeness (QED) is 0.808. The molecule has 0 radical (unpaired) electrons. The Kier molecular flexibility index (Phi) is 4.92. The number of carbonyl (C=O) groups is 1. The number of amides is 1. The van der Waals surface area contributed by atoms with Crippen molar-refractivity contribution in [1.29, 1.82) is 0 Å². The highest BCUT2D eigenvalue weighted by Crippen LogP contribution is 2.17. The predicted octanol–water partition coefficient (Wildman–Crippen LogP) is 0.270. The van der Waals surface area contributed by atoms with Crippen LogP contribution in [0.2, 0.25) is 0 Å². The lowest BCUT2D eigenvalue weighted by Gasteiger charge is -2.34. The number of carbonyl (C=O) groups excluding carboxylic acids is 1. The van der Waals surface area contributed by atoms with Crippen molar-refractivity contribution < 1.29 is 9.53 Å². The summed E-state index contributed by atoms with van der Waals surface area (Å²) < 4.78 is 5.30. The van der Waals surface area contributed by atoms with Crippen LogP contribution in [-0.2, 0) is 16.1 Å². The number of hydrogen-bond donors (Lipinski definition) is 2. The largest absolute Gasteiger partial charge is 0.377 e. The molecule has 110 valence electrons. The van der Waals surface area contributed by atoms with Crippen LogP contribution in [-0.4, -0.2) is 42.7 Å². The summed E-state index contributed by atoms with van der Waals surface area (Å²) in [6, 6.07) is 3.95. The van der Waals surface area contributed by atoms with Crippen LogP contribution in [0.15, 0.2) is 18.3 Å². The number of ether oxygens (including phenoxy) is 1. The van der Waals surface area contributed by atoms with Gasteiger partial charge < -0.3 is 20.7 Å². The molecule has 3 N–H and O–H groups in total. The van der Waals surface area contributed by atoms with E-state index < -0.39 is 6.04 Å². The minimum atomic E-state index is -0.434. The van der Waals surface area contributed by atoms with Crippen LogP contribution in [0.4, 0.5) is 5.82 Å². The van der Waals surface area contributed by atoms with Gasteiger partial charge in [-0.05, 0) is 11.6 Å². The van der Waals surface area contributed by atoms with Crippen molar-refractivity contribution in [2.24, 2.45) is 5.73 Å². The first kappa shape index (κ1) is 14.7. The molecule has 6 heteroatoms. The molecule has 2 rings (SSSR count). The molecule has 1 atom stereocenters. The Morgan fingerprint density at radius 3 is 3.00 bits per heavy atom. The van der Waals surface area contributed by atoms with Gasteiger partial charge in [-0.1, -0.05) is 19.9 Å². The Balaban J connectivity index is 2.06. The van der Waals surface area contributed by atoms with Gasteiger partial charge in [-0.25, -0.2) is 4.98 Å². The molecule has 0 spiro atoms. The van der Waals surface area contributed by atoms with Crippen molar-refractivity contribution in [3.63, 3.8) is 0 Å². The molecule has 0 saturated carbocycles. The van der Waals surface area contributed by atoms with Gasteiger partial charge in [0.15, 0.2) is 0 Å². The van der Waals surface area contributed by atoms with Crippen LogP contribution >= 0.6 is 0 Å². The van der Waals surface area contributed by atoms with Crippen LogP contribution in [0.5, 0.6) is 0 Å². The number of primary amides is 1. The van der Waals surface area contributed by atoms with Gasteiger partial charge in [-0.2, -0.15) is 0 Å². The van der Waals surface area contributed by atoms with E-state index in [4.69, 9.17) is 10.5 Å². The second-order valence-electron chi connectivity index (χ2n) is 5.25. The average Bonchev–Trinajstić information content (AvgIpc) is 2.45. The van der Waals surface area contributed by atoms with Gasteiger partial charge in [-0.15, -0.1) is 0 Å². The second-order valence-corrected chi connectivity index (χ2v) is 5.25. The molecule has 0 aromatic carbocycles. The van der Waals surface area contributed by atoms with E-state index in [1.807, 2.05) is 23.2 Å². The van der Waals surface area contributed by atoms with Crippen LogP contribution in [0.1, 0.15) is 19.4 Å². The number of aromatic nitrogens is 1. The molecule has 1 aliphatic heterocycles. The Hall–Kier alpha value is -1.66. The zero-order chi connectivity index (χ0) is 14.5. The number of morpholine rings is 1. The van der Waals surface area contributed by atoms with Crippen molar-refractivity contribution in [3.8, 4) is 0 Å². The van der Waals surface area contributed by atoms with Gasteiger partial charge in [0.05, 0.1) is 13.2 Å². The fraction of sp³-hybridized carbons (Fsp3) is 0.571. The molecule has 20 heavy (non-hydrogen) atoms. The van der Waals surface area contributed by atoms with E-state index in [9.17, 15) is 4.79 Å². The van der Waals surface area contributed by atoms with Gasteiger partial charge >= 0.3 is 0 Å². The van der Waals surface area contributed by atoms with E-state index in [0.717, 1.165) is 17.9 Å². The summed E-state index contributed by atoms with van der Waals surface area (Å²) in [6.07, 6.45) is 1.83. The zero-order valence-corrected chi connectivity index (χ0v) is 12.0. The maximum Gasteiger partial charge on any atom is 0.242 e. The molecule has 1 amide bonds. The highest BCUT2D eigenvalue weighted by Gasteiger charge is 2.28. The Labute approximate surface area is 119 Å². The molecule has 0 bridgehead atoms. The molecule has 1 aromatic rings. The van der Waals surface area contributed by atoms with E-state index in [2.05, 4.69) is 24.1 Å². The van der Waals surface area contributed by atoms with Crippen molar-refractivity contribution in [1.82, 2.24) is 10.3 Å². The number of nitrogens with one attached hydrogen (secondary N) is 1. The smallest absolute Gasteiger partial charge is 0.242 e. The first-order valence-corrected chi connectivity index (χ1v) is 6.90. The van der Waals surface area contributed by atoms with Crippen LogP contribution in [0.3, 0.4) is 0 Å². The standard InChI is InChI=1S/C14H22N4O2/c1-10(2)16-7-11-3-4-13(17-8-11)18-5-6-20-9-12(18)14(15)19/h3-4,8,10,12,16H,5-7,9H2,1-2H3,(H2,15,19). The number of rotatable bonds is 5. The molecular formula is C14H22N4O2. The highest BCUT2D eigenvalue weighted by molar-refractivity contribution is 5.83. The second kappa shape index (κ2) is 6.67. The molecule has 0 aliphatic carbocycles. The summed E-state index contributed by atoms with van der Waals surface area (Å²) >= 11 is 0. The van der Waals surface area contributed by atoms with Crippen LogP contribution in [0.25, 0.3) is 0 Å². The van der Waals surface area contributed by atoms with Gasteiger partial charge in [0.1, 0.15) is 11.9 Å². The monoisotopic (exact) mass is 278 g/mol. The third kappa shape index (κ3) is 3.68. The minimum absolute atomic E-state index is 0.327. The molecule has 1 aliphatic rings. The first-order valence-electron chi connectivity index (χ1n) is 6.90. The lowest BCUT2D eigenvalue weighted by atomic mass is 10.2. The van der Waals surface area contributed by atoms with E-state index in [-0.39, 0.29) is 5.91 Å². The first-order chi connectivity index (χ1) is 9.58. The van der Waals surface area contributed by atoms with Crippen LogP contribution in [0, 0.1) is 0 Å². The maximum absolute atomic E-state index is 11.4. The number of nitrogens with two attached hydrogens (primary N) is 1. The maximum atomic E-state index is 11.4. The molecule has 6 nitrogen and oxygen atoms in total. The molecule has 2 heterocycles. The summed E-state index contributed by atoms with van der Waals surface area (Å²) in [7, 11) is 0. The number of anilines is 1. The topological polar surface area (TPSA) is 80.5 Å². The fourth-order valence-corrected chi connectivity index (χ4v) is 2.13. The van der Waals surface area contributed by atoms with E-state index in [1.165, 1.54) is 0 Å². The normalized spacial score (nSPS) is 19.4. The van der Waals surface area contributed by atoms with E-state index in [1.54, 1.807) is 0 Å². The molecular weight excluding hydrogens is 256 g/mol. The summed E-state index contributed by atoms with van der Waals surface area (Å²) in [4.78, 5) is 17.8. The summed E-state index contributed by atoms with van der Waals surface area (Å²) in [5.41, 5.74) is 6.52. The minimum Gasteiger partial charge on any atom is -0.377 e. The van der Waals surface area contributed by atoms with Crippen molar-refractivity contribution in [2.75, 3.05) is 24.7 Å². The van der Waals surface area contributed by atoms with Gasteiger partial charge in [0.2, 0.25) is 5.91 Å². The van der Waals surface area contributed by atoms with Gasteiger partial charge in [0.25, 0.3) is 0 Å². The number of pyridine rings is 1. The zero-order valence-electron chi connectivity index (χ0n) is 12.0. The molecule has 1 unspecified atom stereocenters. The van der Waals surface area contributed by atoms with Crippen molar-refractivity contribution in [3.05, 3.63) is 23.9 Å². The Morgan fingerprint density at radius 1 is 1.60 bits per heavy atom. The Morgan fingerprint density at radius 2 is 2.40 bits per heavy atom. The fourth-order valence-electron chi connectivity index (χ4n) is 2.13. The summed E-state index contributed by atoms with van der Waals surface area (Å²) in [5.74, 6) is 0.391. The predicted molar refractivity (Wildman–Crippen MR) is 77.4 cm³/mol. The molecule has 1 saturated heterocycles. The lowest BCUT2D eigenvalue weighted by molar-refractivity contribution is -0.121. The third-order valence-corrected chi connectivity index (χ3v) is 3.27. The van der Waals surface area contributed by atoms with Gasteiger partial charge in [0, 0.05) is 25.3 Å². The molecule has 1 aromatic heterocycles. The molecule has 1 fully saturated rings. The number of hydrogen-bond acceptors (Lipinski definition) is 5. The number of nitrogens with zero attached hydrogens (tertiary/aromatic N) is 2. The average molecular weight is 278 g/mol. The summed E-state index contributed by atoms with van der Waals surface area (Å²) in [6.45, 7) is 6.53. The Bertz CT molecular complexity index is 447. The lowest BCUT2D eigenvalue weighted by Crippen LogP contribution is -2.53.